The van der Waals surface area contributed by atoms with Crippen molar-refractivity contribution in [2.24, 2.45) is 0 Å². The number of carbonyl (C=O) groups excluding carboxylic acids is 11. The largest absolute Gasteiger partial charge is 0.394 e. The molecule has 3 heterocycles. The second kappa shape index (κ2) is 52.5. The SMILES string of the molecule is CC(=O)CC(=O)NC(COCCC(=O)CCCCCC(=O)CCCCOC1OC(CO)C(O)C(O)C1NC(C)=O)(COCCC(=O)CCCCCC(=O)CCCCOC1OC(CO)C(O)C(O)C1NC(C)=O)COCCC(=O)NCCCNC(=O)CCCCOC1OC(CO)C(O)C(O)C1NC(C)=O. The highest BCUT2D eigenvalue weighted by atomic mass is 16.7. The molecule has 15 N–H and O–H groups in total. The van der Waals surface area contributed by atoms with Gasteiger partial charge in [0, 0.05) is 118 Å². The second-order valence-electron chi connectivity index (χ2n) is 26.7. The van der Waals surface area contributed by atoms with Crippen LogP contribution >= 0.6 is 0 Å². The topological polar surface area (TPSA) is 525 Å². The van der Waals surface area contributed by atoms with E-state index in [0.29, 0.717) is 96.3 Å². The zero-order chi connectivity index (χ0) is 77.0. The molecular formula is C69H118N6O29. The van der Waals surface area contributed by atoms with Crippen LogP contribution < -0.4 is 31.9 Å². The molecule has 598 valence electrons. The molecule has 0 saturated carbocycles. The predicted molar refractivity (Wildman–Crippen MR) is 365 cm³/mol. The number of aliphatic hydroxyl groups excluding tert-OH is 9. The Kier molecular flexibility index (Phi) is 46.7. The van der Waals surface area contributed by atoms with Crippen molar-refractivity contribution < 1.29 is 141 Å². The Morgan fingerprint density at radius 3 is 0.962 bits per heavy atom. The standard InChI is InChI=1S/C69H118N6O29/c1-43(79)36-56(89)75-69(40-96-33-25-49(85)20-9-5-7-18-47(83)22-11-14-30-99-66-57(72-44(2)80)63(93)60(90)51(37-76)102-66,41-97-34-26-50(86)21-10-6-8-19-48(84)23-12-15-31-100-67-58(73-45(3)81)64(94)61(91)52(38-77)103-67)42-98-35-27-55(88)71-29-17-28-70-54(87)24-13-16-32-101-68-59(74-46(4)82)65(95)62(92)53(39-78)104-68/h51-53,57-68,76-78,90-95H,5-42H2,1-4H3,(H,70,87)(H,71,88)(H,72,80)(H,73,81)(H,74,82)(H,75,89). The van der Waals surface area contributed by atoms with Crippen LogP contribution in [0.2, 0.25) is 0 Å². The van der Waals surface area contributed by atoms with Crippen molar-refractivity contribution in [2.45, 2.75) is 279 Å². The van der Waals surface area contributed by atoms with Crippen LogP contribution in [0, 0.1) is 0 Å². The van der Waals surface area contributed by atoms with E-state index in [4.69, 9.17) is 42.6 Å². The molecule has 0 aliphatic carbocycles. The highest BCUT2D eigenvalue weighted by Gasteiger charge is 2.48. The maximum atomic E-state index is 13.3. The summed E-state index contributed by atoms with van der Waals surface area (Å²) < 4.78 is 51.7. The molecule has 0 bridgehead atoms. The molecule has 35 heteroatoms. The summed E-state index contributed by atoms with van der Waals surface area (Å²) in [7, 11) is 0. The van der Waals surface area contributed by atoms with E-state index in [1.165, 1.54) is 27.7 Å². The minimum atomic E-state index is -1.48. The number of hydrogen-bond donors (Lipinski definition) is 15. The lowest BCUT2D eigenvalue weighted by Gasteiger charge is -2.42. The van der Waals surface area contributed by atoms with Gasteiger partial charge >= 0.3 is 0 Å². The molecule has 104 heavy (non-hydrogen) atoms. The van der Waals surface area contributed by atoms with Crippen LogP contribution in [0.3, 0.4) is 0 Å². The maximum absolute atomic E-state index is 13.3. The summed E-state index contributed by atoms with van der Waals surface area (Å²) in [6, 6.07) is -3.24. The van der Waals surface area contributed by atoms with E-state index in [1.54, 1.807) is 0 Å². The number of ether oxygens (including phenoxy) is 9. The number of amides is 6. The first-order chi connectivity index (χ1) is 49.6. The molecule has 0 aromatic heterocycles. The smallest absolute Gasteiger partial charge is 0.228 e. The van der Waals surface area contributed by atoms with Gasteiger partial charge in [0.05, 0.1) is 65.9 Å². The summed E-state index contributed by atoms with van der Waals surface area (Å²) in [6.45, 7) is 2.79. The summed E-state index contributed by atoms with van der Waals surface area (Å²) >= 11 is 0. The maximum Gasteiger partial charge on any atom is 0.228 e. The summed E-state index contributed by atoms with van der Waals surface area (Å²) in [6.07, 6.45) is -8.04. The lowest BCUT2D eigenvalue weighted by atomic mass is 9.97. The first kappa shape index (κ1) is 92.7. The second-order valence-corrected chi connectivity index (χ2v) is 26.7. The average molecular weight is 1500 g/mol. The summed E-state index contributed by atoms with van der Waals surface area (Å²) in [5.41, 5.74) is -1.48. The average Bonchev–Trinajstić information content (AvgIpc) is 0.822. The molecule has 15 atom stereocenters. The number of carbonyl (C=O) groups is 11. The molecule has 3 fully saturated rings. The van der Waals surface area contributed by atoms with E-state index in [-0.39, 0.29) is 159 Å². The van der Waals surface area contributed by atoms with E-state index in [1.807, 2.05) is 0 Å². The first-order valence-electron chi connectivity index (χ1n) is 36.3. The van der Waals surface area contributed by atoms with Crippen LogP contribution in [0.4, 0.5) is 0 Å². The Morgan fingerprint density at radius 2 is 0.644 bits per heavy atom. The fourth-order valence-electron chi connectivity index (χ4n) is 11.7. The highest BCUT2D eigenvalue weighted by Crippen LogP contribution is 2.26. The fourth-order valence-corrected chi connectivity index (χ4v) is 11.7. The Labute approximate surface area is 607 Å². The summed E-state index contributed by atoms with van der Waals surface area (Å²) in [4.78, 5) is 137. The summed E-state index contributed by atoms with van der Waals surface area (Å²) in [5.74, 6) is -3.42. The van der Waals surface area contributed by atoms with Gasteiger partial charge in [0.15, 0.2) is 18.9 Å². The monoisotopic (exact) mass is 1490 g/mol. The van der Waals surface area contributed by atoms with Gasteiger partial charge in [-0.25, -0.2) is 0 Å². The molecule has 0 aromatic carbocycles. The van der Waals surface area contributed by atoms with Crippen molar-refractivity contribution in [3.8, 4) is 0 Å². The van der Waals surface area contributed by atoms with E-state index < -0.39 is 153 Å². The molecule has 15 unspecified atom stereocenters. The zero-order valence-electron chi connectivity index (χ0n) is 60.7. The van der Waals surface area contributed by atoms with Crippen LogP contribution in [0.1, 0.15) is 182 Å². The molecule has 35 nitrogen and oxygen atoms in total. The Balaban J connectivity index is 1.46. The third-order valence-electron chi connectivity index (χ3n) is 17.4. The number of Topliss-reactive ketones (excluding diaryl/α,β-unsaturated/α-hetero) is 5. The van der Waals surface area contributed by atoms with E-state index in [0.717, 1.165) is 0 Å². The third kappa shape index (κ3) is 37.3. The van der Waals surface area contributed by atoms with Gasteiger partial charge in [-0.3, -0.25) is 52.7 Å². The van der Waals surface area contributed by atoms with Gasteiger partial charge in [0.2, 0.25) is 35.4 Å². The van der Waals surface area contributed by atoms with Gasteiger partial charge in [-0.1, -0.05) is 12.8 Å². The Morgan fingerprint density at radius 1 is 0.346 bits per heavy atom. The van der Waals surface area contributed by atoms with Gasteiger partial charge in [-0.15, -0.1) is 0 Å². The molecule has 0 aromatic rings. The van der Waals surface area contributed by atoms with Crippen LogP contribution in [-0.2, 0) is 95.4 Å². The van der Waals surface area contributed by atoms with Crippen molar-refractivity contribution >= 4 is 64.4 Å². The molecular weight excluding hydrogens is 1380 g/mol. The highest BCUT2D eigenvalue weighted by molar-refractivity contribution is 5.97. The number of unbranched alkanes of at least 4 members (excludes halogenated alkanes) is 7. The van der Waals surface area contributed by atoms with Crippen molar-refractivity contribution in [2.75, 3.05) is 92.4 Å². The van der Waals surface area contributed by atoms with E-state index in [9.17, 15) is 98.7 Å². The van der Waals surface area contributed by atoms with Crippen molar-refractivity contribution in [3.05, 3.63) is 0 Å². The Hall–Kier alpha value is -5.55. The molecule has 0 spiro atoms. The molecule has 6 amide bonds. The van der Waals surface area contributed by atoms with Crippen LogP contribution in [0.15, 0.2) is 0 Å². The quantitative estimate of drug-likeness (QED) is 0.0217. The van der Waals surface area contributed by atoms with Crippen LogP contribution in [0.25, 0.3) is 0 Å². The first-order valence-corrected chi connectivity index (χ1v) is 36.3. The lowest BCUT2D eigenvalue weighted by Crippen LogP contribution is -2.64. The third-order valence-corrected chi connectivity index (χ3v) is 17.4. The summed E-state index contributed by atoms with van der Waals surface area (Å²) in [5, 5.41) is 106. The van der Waals surface area contributed by atoms with Gasteiger partial charge in [-0.2, -0.15) is 0 Å². The number of ketones is 5. The predicted octanol–water partition coefficient (Wildman–Crippen LogP) is -2.77. The zero-order valence-corrected chi connectivity index (χ0v) is 60.7. The number of hydrogen-bond acceptors (Lipinski definition) is 29. The molecule has 3 saturated heterocycles. The van der Waals surface area contributed by atoms with Crippen LogP contribution in [-0.4, -0.2) is 300 Å². The number of rotatable bonds is 58. The normalized spacial score (nSPS) is 25.2. The van der Waals surface area contributed by atoms with Gasteiger partial charge in [0.1, 0.15) is 108 Å². The van der Waals surface area contributed by atoms with Gasteiger partial charge in [0.25, 0.3) is 0 Å². The lowest BCUT2D eigenvalue weighted by molar-refractivity contribution is -0.270. The van der Waals surface area contributed by atoms with E-state index >= 15 is 0 Å². The number of aliphatic hydroxyl groups is 9. The molecule has 0 radical (unpaired) electrons. The fraction of sp³-hybridized carbons (Fsp3) is 0.841. The minimum absolute atomic E-state index is 0.00264. The number of nitrogens with one attached hydrogen (secondary N) is 6. The Bertz CT molecular complexity index is 2350. The van der Waals surface area contributed by atoms with Crippen LogP contribution in [0.5, 0.6) is 0 Å². The minimum Gasteiger partial charge on any atom is -0.394 e. The van der Waals surface area contributed by atoms with Crippen molar-refractivity contribution in [3.63, 3.8) is 0 Å². The molecule has 3 aliphatic heterocycles. The molecule has 3 rings (SSSR count). The van der Waals surface area contributed by atoms with Gasteiger partial charge < -0.3 is 120 Å². The van der Waals surface area contributed by atoms with Gasteiger partial charge in [-0.05, 0) is 77.6 Å². The van der Waals surface area contributed by atoms with Crippen molar-refractivity contribution in [1.29, 1.82) is 0 Å². The molecule has 3 aliphatic rings. The van der Waals surface area contributed by atoms with E-state index in [2.05, 4.69) is 31.9 Å². The van der Waals surface area contributed by atoms with Crippen molar-refractivity contribution in [1.82, 2.24) is 31.9 Å².